The molecular weight excluding hydrogens is 339 g/mol. The Morgan fingerprint density at radius 3 is 2.92 bits per heavy atom. The van der Waals surface area contributed by atoms with Crippen LogP contribution in [0, 0.1) is 18.2 Å². The summed E-state index contributed by atoms with van der Waals surface area (Å²) in [6.45, 7) is 0.145. The largest absolute Gasteiger partial charge is 0.497 e. The molecule has 0 spiro atoms. The first-order valence-electron chi connectivity index (χ1n) is 7.54. The van der Waals surface area contributed by atoms with E-state index in [9.17, 15) is 9.18 Å². The average molecular weight is 354 g/mol. The molecule has 1 amide bonds. The molecule has 0 N–H and O–H groups in total. The molecule has 0 saturated carbocycles. The molecule has 0 aliphatic rings. The van der Waals surface area contributed by atoms with Crippen LogP contribution in [-0.2, 0) is 17.8 Å². The van der Waals surface area contributed by atoms with Crippen LogP contribution in [0.25, 0.3) is 10.2 Å². The Kier molecular flexibility index (Phi) is 4.96. The fraction of sp³-hybridized carbons (Fsp3) is 0.158. The van der Waals surface area contributed by atoms with E-state index in [1.54, 1.807) is 35.9 Å². The van der Waals surface area contributed by atoms with E-state index in [-0.39, 0.29) is 24.7 Å². The second kappa shape index (κ2) is 7.32. The van der Waals surface area contributed by atoms with Crippen molar-refractivity contribution in [1.82, 2.24) is 4.57 Å². The highest BCUT2D eigenvalue weighted by Gasteiger charge is 2.11. The molecule has 0 atom stereocenters. The van der Waals surface area contributed by atoms with Crippen molar-refractivity contribution in [3.63, 3.8) is 0 Å². The van der Waals surface area contributed by atoms with E-state index < -0.39 is 0 Å². The number of hydrogen-bond acceptors (Lipinski definition) is 3. The lowest BCUT2D eigenvalue weighted by Crippen LogP contribution is -2.17. The third-order valence-electron chi connectivity index (χ3n) is 3.61. The van der Waals surface area contributed by atoms with Gasteiger partial charge in [-0.3, -0.25) is 4.79 Å². The van der Waals surface area contributed by atoms with Crippen molar-refractivity contribution in [3.05, 3.63) is 58.6 Å². The predicted molar refractivity (Wildman–Crippen MR) is 95.9 cm³/mol. The summed E-state index contributed by atoms with van der Waals surface area (Å²) in [6.07, 6.45) is 5.52. The lowest BCUT2D eigenvalue weighted by Gasteiger charge is -2.02. The lowest BCUT2D eigenvalue weighted by molar-refractivity contribution is -0.117. The van der Waals surface area contributed by atoms with E-state index in [1.807, 2.05) is 12.1 Å². The molecule has 0 bridgehead atoms. The van der Waals surface area contributed by atoms with Crippen molar-refractivity contribution in [3.8, 4) is 18.1 Å². The third-order valence-corrected chi connectivity index (χ3v) is 4.65. The smallest absolute Gasteiger partial charge is 0.252 e. The summed E-state index contributed by atoms with van der Waals surface area (Å²) in [6, 6.07) is 12.0. The van der Waals surface area contributed by atoms with Gasteiger partial charge in [0.15, 0.2) is 4.80 Å². The Morgan fingerprint density at radius 1 is 1.36 bits per heavy atom. The van der Waals surface area contributed by atoms with Crippen molar-refractivity contribution in [2.75, 3.05) is 7.11 Å². The van der Waals surface area contributed by atoms with Crippen LogP contribution in [0.5, 0.6) is 5.75 Å². The van der Waals surface area contributed by atoms with Crippen LogP contribution in [-0.4, -0.2) is 17.6 Å². The number of carbonyl (C=O) groups is 1. The highest BCUT2D eigenvalue weighted by molar-refractivity contribution is 7.16. The first kappa shape index (κ1) is 16.9. The van der Waals surface area contributed by atoms with Crippen LogP contribution in [0.1, 0.15) is 5.56 Å². The minimum Gasteiger partial charge on any atom is -0.497 e. The molecule has 25 heavy (non-hydrogen) atoms. The number of ether oxygens (including phenoxy) is 1. The summed E-state index contributed by atoms with van der Waals surface area (Å²) < 4.78 is 21.5. The van der Waals surface area contributed by atoms with Gasteiger partial charge in [0.25, 0.3) is 5.91 Å². The average Bonchev–Trinajstić information content (AvgIpc) is 2.94. The molecule has 0 saturated heterocycles. The molecule has 0 aliphatic carbocycles. The molecule has 4 nitrogen and oxygen atoms in total. The van der Waals surface area contributed by atoms with Gasteiger partial charge in [0, 0.05) is 0 Å². The molecular formula is C19H15FN2O2S. The van der Waals surface area contributed by atoms with Crippen LogP contribution < -0.4 is 9.54 Å². The second-order valence-corrected chi connectivity index (χ2v) is 6.30. The molecule has 6 heteroatoms. The molecule has 1 aromatic heterocycles. The number of methoxy groups -OCH3 is 1. The minimum absolute atomic E-state index is 0.129. The van der Waals surface area contributed by atoms with Gasteiger partial charge in [-0.25, -0.2) is 4.39 Å². The summed E-state index contributed by atoms with van der Waals surface area (Å²) >= 11 is 1.24. The van der Waals surface area contributed by atoms with Crippen LogP contribution in [0.2, 0.25) is 0 Å². The van der Waals surface area contributed by atoms with Gasteiger partial charge >= 0.3 is 0 Å². The highest BCUT2D eigenvalue weighted by atomic mass is 32.1. The molecule has 126 valence electrons. The summed E-state index contributed by atoms with van der Waals surface area (Å²) in [5, 5.41) is 0. The van der Waals surface area contributed by atoms with E-state index in [0.717, 1.165) is 5.56 Å². The van der Waals surface area contributed by atoms with Gasteiger partial charge in [0.05, 0.1) is 30.3 Å². The normalized spacial score (nSPS) is 11.5. The number of benzene rings is 2. The third kappa shape index (κ3) is 3.62. The van der Waals surface area contributed by atoms with E-state index >= 15 is 0 Å². The van der Waals surface area contributed by atoms with E-state index in [0.29, 0.717) is 20.8 Å². The first-order valence-corrected chi connectivity index (χ1v) is 8.36. The number of aromatic nitrogens is 1. The number of amides is 1. The first-order chi connectivity index (χ1) is 12.1. The summed E-state index contributed by atoms with van der Waals surface area (Å²) in [5.74, 6) is 2.45. The van der Waals surface area contributed by atoms with Gasteiger partial charge < -0.3 is 9.30 Å². The van der Waals surface area contributed by atoms with Crippen molar-refractivity contribution >= 4 is 27.5 Å². The predicted octanol–water partition coefficient (Wildman–Crippen LogP) is 3.15. The monoisotopic (exact) mass is 354 g/mol. The molecule has 1 heterocycles. The van der Waals surface area contributed by atoms with Crippen LogP contribution in [0.4, 0.5) is 4.39 Å². The molecule has 3 rings (SSSR count). The SMILES string of the molecule is C#CCn1c(=NC(=O)Cc2cccc(OC)c2)sc2cccc(F)c21. The maximum atomic E-state index is 14.1. The van der Waals surface area contributed by atoms with Crippen LogP contribution in [0.3, 0.4) is 0 Å². The fourth-order valence-electron chi connectivity index (χ4n) is 2.51. The Morgan fingerprint density at radius 2 is 2.16 bits per heavy atom. The van der Waals surface area contributed by atoms with E-state index in [1.165, 1.54) is 17.4 Å². The lowest BCUT2D eigenvalue weighted by atomic mass is 10.1. The van der Waals surface area contributed by atoms with Gasteiger partial charge in [0.2, 0.25) is 0 Å². The van der Waals surface area contributed by atoms with Crippen LogP contribution >= 0.6 is 11.3 Å². The highest BCUT2D eigenvalue weighted by Crippen LogP contribution is 2.20. The van der Waals surface area contributed by atoms with Gasteiger partial charge in [-0.2, -0.15) is 4.99 Å². The number of para-hydroxylation sites is 1. The molecule has 2 aromatic carbocycles. The minimum atomic E-state index is -0.384. The quantitative estimate of drug-likeness (QED) is 0.676. The van der Waals surface area contributed by atoms with Gasteiger partial charge in [0.1, 0.15) is 11.6 Å². The van der Waals surface area contributed by atoms with Gasteiger partial charge in [-0.1, -0.05) is 35.5 Å². The molecule has 3 aromatic rings. The van der Waals surface area contributed by atoms with Crippen molar-refractivity contribution in [1.29, 1.82) is 0 Å². The number of nitrogens with zero attached hydrogens (tertiary/aromatic N) is 2. The number of terminal acetylenes is 1. The molecule has 0 unspecified atom stereocenters. The maximum absolute atomic E-state index is 14.1. The van der Waals surface area contributed by atoms with E-state index in [2.05, 4.69) is 10.9 Å². The Bertz CT molecular complexity index is 1040. The maximum Gasteiger partial charge on any atom is 0.252 e. The zero-order valence-electron chi connectivity index (χ0n) is 13.5. The van der Waals surface area contributed by atoms with Crippen molar-refractivity contribution in [2.24, 2.45) is 4.99 Å². The topological polar surface area (TPSA) is 43.6 Å². The Labute approximate surface area is 148 Å². The van der Waals surface area contributed by atoms with Crippen LogP contribution in [0.15, 0.2) is 47.5 Å². The fourth-order valence-corrected chi connectivity index (χ4v) is 3.57. The molecule has 0 radical (unpaired) electrons. The standard InChI is InChI=1S/C19H15FN2O2S/c1-3-10-22-18-15(20)8-5-9-16(18)25-19(22)21-17(23)12-13-6-4-7-14(11-13)24-2/h1,4-9,11H,10,12H2,2H3. The molecule has 0 fully saturated rings. The summed E-state index contributed by atoms with van der Waals surface area (Å²) in [7, 11) is 1.57. The second-order valence-electron chi connectivity index (χ2n) is 5.30. The number of fused-ring (bicyclic) bond motifs is 1. The summed E-state index contributed by atoms with van der Waals surface area (Å²) in [4.78, 5) is 16.9. The van der Waals surface area contributed by atoms with Crippen molar-refractivity contribution < 1.29 is 13.9 Å². The number of rotatable bonds is 4. The van der Waals surface area contributed by atoms with Gasteiger partial charge in [-0.15, -0.1) is 6.42 Å². The zero-order valence-corrected chi connectivity index (χ0v) is 14.3. The number of hydrogen-bond donors (Lipinski definition) is 0. The Balaban J connectivity index is 2.00. The van der Waals surface area contributed by atoms with Gasteiger partial charge in [-0.05, 0) is 29.8 Å². The summed E-state index contributed by atoms with van der Waals surface area (Å²) in [5.41, 5.74) is 1.17. The molecule has 0 aliphatic heterocycles. The van der Waals surface area contributed by atoms with Crippen molar-refractivity contribution in [2.45, 2.75) is 13.0 Å². The number of thiazole rings is 1. The van der Waals surface area contributed by atoms with E-state index in [4.69, 9.17) is 11.2 Å². The number of halogens is 1. The Hall–Kier alpha value is -2.91. The number of carbonyl (C=O) groups excluding carboxylic acids is 1. The zero-order chi connectivity index (χ0) is 17.8.